The predicted octanol–water partition coefficient (Wildman–Crippen LogP) is 6.22. The lowest BCUT2D eigenvalue weighted by atomic mass is 9.93. The molecule has 4 rings (SSSR count). The summed E-state index contributed by atoms with van der Waals surface area (Å²) in [5.41, 5.74) is 4.97. The van der Waals surface area contributed by atoms with Crippen molar-refractivity contribution in [2.75, 3.05) is 6.54 Å². The van der Waals surface area contributed by atoms with Crippen molar-refractivity contribution >= 4 is 34.4 Å². The molecule has 180 valence electrons. The van der Waals surface area contributed by atoms with E-state index < -0.39 is 5.97 Å². The average Bonchev–Trinajstić information content (AvgIpc) is 2.89. The molecular weight excluding hydrogens is 472 g/mol. The number of benzene rings is 3. The summed E-state index contributed by atoms with van der Waals surface area (Å²) in [4.78, 5) is 29.8. The van der Waals surface area contributed by atoms with Gasteiger partial charge in [-0.3, -0.25) is 9.59 Å². The summed E-state index contributed by atoms with van der Waals surface area (Å²) in [6, 6.07) is 22.4. The first-order valence-corrected chi connectivity index (χ1v) is 12.0. The number of hydrogen-bond acceptors (Lipinski definition) is 3. The van der Waals surface area contributed by atoms with Crippen LogP contribution < -0.4 is 5.32 Å². The standard InChI is InChI=1S/C30H25ClN2O3/c1-3-20-13-15-26-24(17-20)28(19(2)29(33-26)21-9-5-4-6-10-21)30(36)32-18-22(14-16-27(34)35)23-11-7-8-12-25(23)31/h1,4-13,15,17,22H,14,16,18H2,2H3,(H,32,36)(H,34,35)/t22-/m0/s1. The number of carboxylic acid groups (broad SMARTS) is 1. The van der Waals surface area contributed by atoms with E-state index in [1.54, 1.807) is 18.2 Å². The van der Waals surface area contributed by atoms with Gasteiger partial charge in [-0.05, 0) is 48.7 Å². The molecule has 0 saturated heterocycles. The van der Waals surface area contributed by atoms with E-state index in [2.05, 4.69) is 11.2 Å². The van der Waals surface area contributed by atoms with E-state index in [0.29, 0.717) is 33.5 Å². The highest BCUT2D eigenvalue weighted by atomic mass is 35.5. The Hall–Kier alpha value is -4.14. The Kier molecular flexibility index (Phi) is 7.68. The Morgan fingerprint density at radius 3 is 2.50 bits per heavy atom. The number of aromatic nitrogens is 1. The van der Waals surface area contributed by atoms with Gasteiger partial charge in [-0.25, -0.2) is 4.98 Å². The minimum atomic E-state index is -0.899. The van der Waals surface area contributed by atoms with Crippen molar-refractivity contribution in [3.63, 3.8) is 0 Å². The van der Waals surface area contributed by atoms with E-state index in [4.69, 9.17) is 23.0 Å². The number of carboxylic acids is 1. The van der Waals surface area contributed by atoms with Gasteiger partial charge >= 0.3 is 5.97 Å². The van der Waals surface area contributed by atoms with Crippen molar-refractivity contribution in [3.8, 4) is 23.6 Å². The molecule has 1 aromatic heterocycles. The molecule has 0 aliphatic rings. The Balaban J connectivity index is 1.74. The Bertz CT molecular complexity index is 1480. The lowest BCUT2D eigenvalue weighted by Gasteiger charge is -2.20. The summed E-state index contributed by atoms with van der Waals surface area (Å²) in [5.74, 6) is 1.19. The van der Waals surface area contributed by atoms with Crippen LogP contribution >= 0.6 is 11.6 Å². The van der Waals surface area contributed by atoms with Gasteiger partial charge in [0.2, 0.25) is 0 Å². The molecule has 3 aromatic carbocycles. The highest BCUT2D eigenvalue weighted by Gasteiger charge is 2.22. The molecule has 6 heteroatoms. The fourth-order valence-corrected chi connectivity index (χ4v) is 4.68. The SMILES string of the molecule is C#Cc1ccc2nc(-c3ccccc3)c(C)c(C(=O)NC[C@H](CCC(=O)O)c3ccccc3Cl)c2c1. The van der Waals surface area contributed by atoms with Crippen LogP contribution in [-0.2, 0) is 4.79 Å². The first-order valence-electron chi connectivity index (χ1n) is 11.6. The van der Waals surface area contributed by atoms with E-state index in [1.165, 1.54) is 0 Å². The quantitative estimate of drug-likeness (QED) is 0.284. The normalized spacial score (nSPS) is 11.6. The van der Waals surface area contributed by atoms with Gasteiger partial charge in [-0.15, -0.1) is 6.42 Å². The number of rotatable bonds is 8. The second kappa shape index (κ2) is 11.1. The first-order chi connectivity index (χ1) is 17.4. The van der Waals surface area contributed by atoms with Crippen molar-refractivity contribution in [2.45, 2.75) is 25.7 Å². The summed E-state index contributed by atoms with van der Waals surface area (Å²) >= 11 is 6.40. The van der Waals surface area contributed by atoms with E-state index in [0.717, 1.165) is 22.4 Å². The molecule has 0 saturated carbocycles. The number of nitrogens with zero attached hydrogens (tertiary/aromatic N) is 1. The topological polar surface area (TPSA) is 79.3 Å². The number of halogens is 1. The third-order valence-electron chi connectivity index (χ3n) is 6.23. The zero-order valence-electron chi connectivity index (χ0n) is 19.8. The predicted molar refractivity (Wildman–Crippen MR) is 143 cm³/mol. The zero-order chi connectivity index (χ0) is 25.7. The van der Waals surface area contributed by atoms with Crippen LogP contribution in [0.25, 0.3) is 22.2 Å². The average molecular weight is 497 g/mol. The molecule has 0 aliphatic heterocycles. The smallest absolute Gasteiger partial charge is 0.303 e. The Morgan fingerprint density at radius 2 is 1.81 bits per heavy atom. The molecule has 0 bridgehead atoms. The maximum Gasteiger partial charge on any atom is 0.303 e. The second-order valence-corrected chi connectivity index (χ2v) is 8.97. The van der Waals surface area contributed by atoms with E-state index in [1.807, 2.05) is 61.5 Å². The van der Waals surface area contributed by atoms with Crippen LogP contribution in [-0.4, -0.2) is 28.5 Å². The molecule has 5 nitrogen and oxygen atoms in total. The number of carbonyl (C=O) groups is 2. The van der Waals surface area contributed by atoms with Gasteiger partial charge in [0.05, 0.1) is 16.8 Å². The Morgan fingerprint density at radius 1 is 1.08 bits per heavy atom. The maximum absolute atomic E-state index is 13.7. The lowest BCUT2D eigenvalue weighted by Crippen LogP contribution is -2.30. The number of amides is 1. The molecule has 0 aliphatic carbocycles. The zero-order valence-corrected chi connectivity index (χ0v) is 20.5. The number of carbonyl (C=O) groups excluding carboxylic acids is 1. The monoisotopic (exact) mass is 496 g/mol. The number of terminal acetylenes is 1. The molecule has 4 aromatic rings. The van der Waals surface area contributed by atoms with Gasteiger partial charge in [0, 0.05) is 40.4 Å². The van der Waals surface area contributed by atoms with Crippen LogP contribution in [0.1, 0.15) is 45.8 Å². The molecule has 0 unspecified atom stereocenters. The highest BCUT2D eigenvalue weighted by molar-refractivity contribution is 6.31. The number of nitrogens with one attached hydrogen (secondary N) is 1. The van der Waals surface area contributed by atoms with Gasteiger partial charge in [-0.1, -0.05) is 66.1 Å². The molecule has 1 heterocycles. The van der Waals surface area contributed by atoms with E-state index in [-0.39, 0.29) is 24.8 Å². The van der Waals surface area contributed by atoms with Crippen LogP contribution in [0.2, 0.25) is 5.02 Å². The van der Waals surface area contributed by atoms with Gasteiger partial charge < -0.3 is 10.4 Å². The second-order valence-electron chi connectivity index (χ2n) is 8.56. The molecule has 0 radical (unpaired) electrons. The Labute approximate surface area is 215 Å². The molecule has 36 heavy (non-hydrogen) atoms. The maximum atomic E-state index is 13.7. The molecule has 1 amide bonds. The summed E-state index contributed by atoms with van der Waals surface area (Å²) in [7, 11) is 0. The highest BCUT2D eigenvalue weighted by Crippen LogP contribution is 2.31. The third-order valence-corrected chi connectivity index (χ3v) is 6.57. The largest absolute Gasteiger partial charge is 0.481 e. The number of fused-ring (bicyclic) bond motifs is 1. The molecular formula is C30H25ClN2O3. The number of hydrogen-bond donors (Lipinski definition) is 2. The van der Waals surface area contributed by atoms with Crippen molar-refractivity contribution in [1.82, 2.24) is 10.3 Å². The number of aliphatic carboxylic acids is 1. The van der Waals surface area contributed by atoms with Crippen molar-refractivity contribution in [2.24, 2.45) is 0 Å². The van der Waals surface area contributed by atoms with Crippen LogP contribution in [0, 0.1) is 19.3 Å². The summed E-state index contributed by atoms with van der Waals surface area (Å²) < 4.78 is 0. The molecule has 1 atom stereocenters. The van der Waals surface area contributed by atoms with Gasteiger partial charge in [0.15, 0.2) is 0 Å². The summed E-state index contributed by atoms with van der Waals surface area (Å²) in [6.07, 6.45) is 5.93. The van der Waals surface area contributed by atoms with Crippen molar-refractivity contribution < 1.29 is 14.7 Å². The minimum absolute atomic E-state index is 0.0351. The van der Waals surface area contributed by atoms with Crippen LogP contribution in [0.3, 0.4) is 0 Å². The minimum Gasteiger partial charge on any atom is -0.481 e. The van der Waals surface area contributed by atoms with E-state index in [9.17, 15) is 14.7 Å². The van der Waals surface area contributed by atoms with Crippen molar-refractivity contribution in [3.05, 3.63) is 100 Å². The summed E-state index contributed by atoms with van der Waals surface area (Å²) in [5, 5.41) is 13.5. The van der Waals surface area contributed by atoms with Gasteiger partial charge in [0.25, 0.3) is 5.91 Å². The molecule has 0 fully saturated rings. The van der Waals surface area contributed by atoms with Gasteiger partial charge in [0.1, 0.15) is 0 Å². The van der Waals surface area contributed by atoms with Crippen molar-refractivity contribution in [1.29, 1.82) is 0 Å². The summed E-state index contributed by atoms with van der Waals surface area (Å²) in [6.45, 7) is 2.11. The van der Waals surface area contributed by atoms with Crippen LogP contribution in [0.5, 0.6) is 0 Å². The lowest BCUT2D eigenvalue weighted by molar-refractivity contribution is -0.137. The molecule has 2 N–H and O–H groups in total. The third kappa shape index (κ3) is 5.40. The molecule has 0 spiro atoms. The fourth-order valence-electron chi connectivity index (χ4n) is 4.39. The van der Waals surface area contributed by atoms with Crippen LogP contribution in [0.4, 0.5) is 0 Å². The van der Waals surface area contributed by atoms with Gasteiger partial charge in [-0.2, -0.15) is 0 Å². The first kappa shape index (κ1) is 25.0. The van der Waals surface area contributed by atoms with E-state index >= 15 is 0 Å². The fraction of sp³-hybridized carbons (Fsp3) is 0.167. The number of pyridine rings is 1. The van der Waals surface area contributed by atoms with Crippen LogP contribution in [0.15, 0.2) is 72.8 Å².